The first kappa shape index (κ1) is 20.7. The van der Waals surface area contributed by atoms with Crippen LogP contribution in [0.4, 0.5) is 5.69 Å². The van der Waals surface area contributed by atoms with Crippen molar-refractivity contribution < 1.29 is 32.6 Å². The zero-order valence-corrected chi connectivity index (χ0v) is 16.9. The lowest BCUT2D eigenvalue weighted by Gasteiger charge is -2.29. The maximum atomic E-state index is 12.5. The number of ether oxygens (including phenoxy) is 2. The second-order valence-corrected chi connectivity index (χ2v) is 8.57. The molecule has 9 heteroatoms. The summed E-state index contributed by atoms with van der Waals surface area (Å²) in [6, 6.07) is 8.85. The van der Waals surface area contributed by atoms with Crippen LogP contribution < -0.4 is 9.04 Å². The standard InChI is InChI=1S/C20H21NO7S/c1-27-15-6-8-18(22)16(11-15)20(24)28-12-19(23)14-5-7-17-13(10-14)4-3-9-21(17)29(2,25)26/h5-8,10-11,22H,3-4,9,12H2,1-2H3. The van der Waals surface area contributed by atoms with Crippen molar-refractivity contribution in [1.29, 1.82) is 0 Å². The molecule has 0 aliphatic carbocycles. The van der Waals surface area contributed by atoms with Crippen LogP contribution in [-0.4, -0.2) is 51.8 Å². The minimum Gasteiger partial charge on any atom is -0.507 e. The Labute approximate surface area is 168 Å². The summed E-state index contributed by atoms with van der Waals surface area (Å²) in [6.45, 7) is -0.106. The van der Waals surface area contributed by atoms with E-state index in [2.05, 4.69) is 0 Å². The van der Waals surface area contributed by atoms with E-state index in [0.29, 0.717) is 36.4 Å². The summed E-state index contributed by atoms with van der Waals surface area (Å²) in [5, 5.41) is 9.81. The SMILES string of the molecule is COc1ccc(O)c(C(=O)OCC(=O)c2ccc3c(c2)CCCN3S(C)(=O)=O)c1. The number of anilines is 1. The number of aromatic hydroxyl groups is 1. The minimum atomic E-state index is -3.39. The third kappa shape index (κ3) is 4.51. The Balaban J connectivity index is 1.73. The molecular formula is C20H21NO7S. The van der Waals surface area contributed by atoms with Gasteiger partial charge in [0, 0.05) is 12.1 Å². The zero-order valence-electron chi connectivity index (χ0n) is 16.0. The van der Waals surface area contributed by atoms with Crippen molar-refractivity contribution in [2.75, 3.05) is 30.8 Å². The van der Waals surface area contributed by atoms with E-state index < -0.39 is 28.4 Å². The third-order valence-electron chi connectivity index (χ3n) is 4.64. The summed E-state index contributed by atoms with van der Waals surface area (Å²) >= 11 is 0. The number of hydrogen-bond donors (Lipinski definition) is 1. The van der Waals surface area contributed by atoms with E-state index in [4.69, 9.17) is 9.47 Å². The van der Waals surface area contributed by atoms with Crippen LogP contribution in [0.2, 0.25) is 0 Å². The second kappa shape index (κ2) is 8.12. The molecular weight excluding hydrogens is 398 g/mol. The quantitative estimate of drug-likeness (QED) is 0.564. The zero-order chi connectivity index (χ0) is 21.2. The molecule has 0 aromatic heterocycles. The van der Waals surface area contributed by atoms with Crippen molar-refractivity contribution in [1.82, 2.24) is 0 Å². The molecule has 0 fully saturated rings. The molecule has 1 N–H and O–H groups in total. The number of nitrogens with zero attached hydrogens (tertiary/aromatic N) is 1. The van der Waals surface area contributed by atoms with Crippen LogP contribution in [0.1, 0.15) is 32.7 Å². The van der Waals surface area contributed by atoms with Crippen LogP contribution in [0.15, 0.2) is 36.4 Å². The number of esters is 1. The van der Waals surface area contributed by atoms with Crippen molar-refractivity contribution >= 4 is 27.5 Å². The Morgan fingerprint density at radius 1 is 1.17 bits per heavy atom. The lowest BCUT2D eigenvalue weighted by atomic mass is 9.99. The number of fused-ring (bicyclic) bond motifs is 1. The predicted octanol–water partition coefficient (Wildman–Crippen LogP) is 2.15. The Kier molecular flexibility index (Phi) is 5.78. The molecule has 1 heterocycles. The fraction of sp³-hybridized carbons (Fsp3) is 0.300. The Morgan fingerprint density at radius 3 is 2.62 bits per heavy atom. The monoisotopic (exact) mass is 419 g/mol. The van der Waals surface area contributed by atoms with Crippen LogP contribution in [0.25, 0.3) is 0 Å². The van der Waals surface area contributed by atoms with Gasteiger partial charge in [-0.3, -0.25) is 9.10 Å². The number of carbonyl (C=O) groups is 2. The van der Waals surface area contributed by atoms with Crippen LogP contribution in [0.3, 0.4) is 0 Å². The minimum absolute atomic E-state index is 0.105. The fourth-order valence-corrected chi connectivity index (χ4v) is 4.17. The summed E-state index contributed by atoms with van der Waals surface area (Å²) in [5.74, 6) is -1.19. The number of Topliss-reactive ketones (excluding diaryl/α,β-unsaturated/α-hetero) is 1. The molecule has 154 valence electrons. The average Bonchev–Trinajstić information content (AvgIpc) is 2.70. The first-order valence-corrected chi connectivity index (χ1v) is 10.7. The number of aryl methyl sites for hydroxylation is 1. The lowest BCUT2D eigenvalue weighted by Crippen LogP contribution is -2.34. The number of hydrogen-bond acceptors (Lipinski definition) is 7. The summed E-state index contributed by atoms with van der Waals surface area (Å²) in [6.07, 6.45) is 2.45. The van der Waals surface area contributed by atoms with Gasteiger partial charge in [0.1, 0.15) is 17.1 Å². The highest BCUT2D eigenvalue weighted by molar-refractivity contribution is 7.92. The number of benzene rings is 2. The molecule has 0 bridgehead atoms. The first-order valence-electron chi connectivity index (χ1n) is 8.88. The molecule has 8 nitrogen and oxygen atoms in total. The van der Waals surface area contributed by atoms with Crippen molar-refractivity contribution in [3.05, 3.63) is 53.1 Å². The number of sulfonamides is 1. The lowest BCUT2D eigenvalue weighted by molar-refractivity contribution is 0.0471. The van der Waals surface area contributed by atoms with Gasteiger partial charge in [0.15, 0.2) is 12.4 Å². The summed E-state index contributed by atoms with van der Waals surface area (Å²) in [5.41, 5.74) is 1.53. The molecule has 0 atom stereocenters. The number of carbonyl (C=O) groups excluding carboxylic acids is 2. The molecule has 3 rings (SSSR count). The number of phenolic OH excluding ortho intramolecular Hbond substituents is 1. The van der Waals surface area contributed by atoms with Crippen LogP contribution >= 0.6 is 0 Å². The van der Waals surface area contributed by atoms with Gasteiger partial charge in [-0.2, -0.15) is 0 Å². The molecule has 1 aliphatic rings. The predicted molar refractivity (Wildman–Crippen MR) is 106 cm³/mol. The molecule has 0 unspecified atom stereocenters. The van der Waals surface area contributed by atoms with Gasteiger partial charge in [-0.1, -0.05) is 0 Å². The van der Waals surface area contributed by atoms with Gasteiger partial charge in [-0.15, -0.1) is 0 Å². The first-order chi connectivity index (χ1) is 13.7. The molecule has 0 amide bonds. The van der Waals surface area contributed by atoms with Crippen molar-refractivity contribution in [2.45, 2.75) is 12.8 Å². The van der Waals surface area contributed by atoms with Gasteiger partial charge in [-0.05, 0) is 54.8 Å². The van der Waals surface area contributed by atoms with Crippen LogP contribution in [0, 0.1) is 0 Å². The molecule has 29 heavy (non-hydrogen) atoms. The van der Waals surface area contributed by atoms with E-state index in [1.165, 1.54) is 35.7 Å². The van der Waals surface area contributed by atoms with Gasteiger partial charge >= 0.3 is 5.97 Å². The van der Waals surface area contributed by atoms with Crippen molar-refractivity contribution in [2.24, 2.45) is 0 Å². The number of ketones is 1. The largest absolute Gasteiger partial charge is 0.507 e. The number of rotatable bonds is 6. The molecule has 0 saturated carbocycles. The summed E-state index contributed by atoms with van der Waals surface area (Å²) < 4.78 is 35.2. The Morgan fingerprint density at radius 2 is 1.93 bits per heavy atom. The van der Waals surface area contributed by atoms with E-state index in [1.54, 1.807) is 12.1 Å². The van der Waals surface area contributed by atoms with E-state index >= 15 is 0 Å². The molecule has 2 aromatic carbocycles. The van der Waals surface area contributed by atoms with Crippen molar-refractivity contribution in [3.8, 4) is 11.5 Å². The number of methoxy groups -OCH3 is 1. The molecule has 2 aromatic rings. The van der Waals surface area contributed by atoms with E-state index in [0.717, 1.165) is 11.8 Å². The topological polar surface area (TPSA) is 110 Å². The molecule has 0 spiro atoms. The highest BCUT2D eigenvalue weighted by Gasteiger charge is 2.25. The van der Waals surface area contributed by atoms with Crippen molar-refractivity contribution in [3.63, 3.8) is 0 Å². The van der Waals surface area contributed by atoms with E-state index in [1.807, 2.05) is 0 Å². The summed E-state index contributed by atoms with van der Waals surface area (Å²) in [7, 11) is -1.97. The maximum Gasteiger partial charge on any atom is 0.342 e. The van der Waals surface area contributed by atoms with Crippen LogP contribution in [-0.2, 0) is 21.2 Å². The van der Waals surface area contributed by atoms with Gasteiger partial charge in [0.2, 0.25) is 10.0 Å². The van der Waals surface area contributed by atoms with Gasteiger partial charge in [0.25, 0.3) is 0 Å². The molecule has 0 saturated heterocycles. The van der Waals surface area contributed by atoms with E-state index in [-0.39, 0.29) is 11.3 Å². The van der Waals surface area contributed by atoms with E-state index in [9.17, 15) is 23.1 Å². The smallest absolute Gasteiger partial charge is 0.342 e. The second-order valence-electron chi connectivity index (χ2n) is 6.66. The van der Waals surface area contributed by atoms with Gasteiger partial charge in [0.05, 0.1) is 19.1 Å². The third-order valence-corrected chi connectivity index (χ3v) is 5.82. The maximum absolute atomic E-state index is 12.5. The van der Waals surface area contributed by atoms with Gasteiger partial charge < -0.3 is 14.6 Å². The highest BCUT2D eigenvalue weighted by Crippen LogP contribution is 2.30. The normalized spacial score (nSPS) is 13.5. The highest BCUT2D eigenvalue weighted by atomic mass is 32.2. The molecule has 1 aliphatic heterocycles. The Bertz CT molecular complexity index is 1060. The fourth-order valence-electron chi connectivity index (χ4n) is 3.18. The Hall–Kier alpha value is -3.07. The van der Waals surface area contributed by atoms with Crippen LogP contribution in [0.5, 0.6) is 11.5 Å². The van der Waals surface area contributed by atoms with Gasteiger partial charge in [-0.25, -0.2) is 13.2 Å². The average molecular weight is 419 g/mol. The summed E-state index contributed by atoms with van der Waals surface area (Å²) in [4.78, 5) is 24.6. The number of phenols is 1. The molecule has 0 radical (unpaired) electrons.